The summed E-state index contributed by atoms with van der Waals surface area (Å²) in [6.07, 6.45) is 2.91. The summed E-state index contributed by atoms with van der Waals surface area (Å²) >= 11 is 6.17. The molecule has 0 spiro atoms. The minimum Gasteiger partial charge on any atom is -0.480 e. The molecule has 1 aromatic heterocycles. The Kier molecular flexibility index (Phi) is 8.34. The van der Waals surface area contributed by atoms with Crippen molar-refractivity contribution in [1.82, 2.24) is 9.47 Å². The number of nitriles is 1. The van der Waals surface area contributed by atoms with Crippen molar-refractivity contribution in [3.8, 4) is 6.07 Å². The Morgan fingerprint density at radius 1 is 1.34 bits per heavy atom. The van der Waals surface area contributed by atoms with Crippen LogP contribution in [0.2, 0.25) is 0 Å². The zero-order valence-corrected chi connectivity index (χ0v) is 21.3. The van der Waals surface area contributed by atoms with Gasteiger partial charge in [-0.15, -0.1) is 0 Å². The molecule has 0 aromatic carbocycles. The fraction of sp³-hybridized carbons (Fsp3) is 0.478. The number of carbonyl (C=O) groups is 3. The number of aliphatic carboxylic acids is 1. The van der Waals surface area contributed by atoms with Crippen LogP contribution in [-0.4, -0.2) is 63.0 Å². The van der Waals surface area contributed by atoms with E-state index in [4.69, 9.17) is 22.1 Å². The van der Waals surface area contributed by atoms with Crippen molar-refractivity contribution in [3.63, 3.8) is 0 Å². The Morgan fingerprint density at radius 3 is 2.66 bits per heavy atom. The SMILES string of the molecule is CCOC(=O)C1CCCN(c2c(C=C3SC(=S)N(CC(=O)O)C3=O)c(C)c(C#N)c(=O)n2CC)C1. The lowest BCUT2D eigenvalue weighted by molar-refractivity contribution is -0.148. The van der Waals surface area contributed by atoms with Gasteiger partial charge in [0.25, 0.3) is 11.5 Å². The molecule has 0 saturated carbocycles. The lowest BCUT2D eigenvalue weighted by Gasteiger charge is -2.36. The van der Waals surface area contributed by atoms with Gasteiger partial charge in [-0.05, 0) is 45.3 Å². The van der Waals surface area contributed by atoms with E-state index in [1.54, 1.807) is 26.8 Å². The van der Waals surface area contributed by atoms with Gasteiger partial charge in [-0.3, -0.25) is 28.6 Å². The van der Waals surface area contributed by atoms with E-state index >= 15 is 0 Å². The number of hydrogen-bond acceptors (Lipinski definition) is 9. The minimum atomic E-state index is -1.19. The largest absolute Gasteiger partial charge is 0.480 e. The van der Waals surface area contributed by atoms with Gasteiger partial charge in [0.15, 0.2) is 0 Å². The van der Waals surface area contributed by atoms with Crippen LogP contribution in [0.4, 0.5) is 5.82 Å². The van der Waals surface area contributed by atoms with Gasteiger partial charge in [-0.25, -0.2) is 0 Å². The van der Waals surface area contributed by atoms with Crippen molar-refractivity contribution in [2.75, 3.05) is 31.1 Å². The number of nitrogens with zero attached hydrogens (tertiary/aromatic N) is 4. The first-order valence-electron chi connectivity index (χ1n) is 11.2. The number of piperidine rings is 1. The van der Waals surface area contributed by atoms with Gasteiger partial charge in [0, 0.05) is 25.2 Å². The number of thiocarbonyl (C=S) groups is 1. The van der Waals surface area contributed by atoms with Crippen molar-refractivity contribution >= 4 is 58.0 Å². The number of carboxylic acid groups (broad SMARTS) is 1. The van der Waals surface area contributed by atoms with E-state index in [9.17, 15) is 24.4 Å². The first-order chi connectivity index (χ1) is 16.6. The summed E-state index contributed by atoms with van der Waals surface area (Å²) in [5, 5.41) is 18.8. The summed E-state index contributed by atoms with van der Waals surface area (Å²) in [6, 6.07) is 1.97. The molecule has 1 amide bonds. The molecule has 12 heteroatoms. The van der Waals surface area contributed by atoms with Gasteiger partial charge >= 0.3 is 11.9 Å². The summed E-state index contributed by atoms with van der Waals surface area (Å²) in [5.74, 6) is -1.91. The fourth-order valence-electron chi connectivity index (χ4n) is 4.30. The Morgan fingerprint density at radius 2 is 2.06 bits per heavy atom. The predicted molar refractivity (Wildman–Crippen MR) is 135 cm³/mol. The lowest BCUT2D eigenvalue weighted by atomic mass is 9.96. The van der Waals surface area contributed by atoms with E-state index in [2.05, 4.69) is 0 Å². The summed E-state index contributed by atoms with van der Waals surface area (Å²) in [5.41, 5.74) is 0.403. The van der Waals surface area contributed by atoms with Crippen molar-refractivity contribution < 1.29 is 24.2 Å². The highest BCUT2D eigenvalue weighted by Gasteiger charge is 2.35. The molecule has 0 aliphatic carbocycles. The monoisotopic (exact) mass is 518 g/mol. The van der Waals surface area contributed by atoms with Gasteiger partial charge in [-0.1, -0.05) is 24.0 Å². The first kappa shape index (κ1) is 26.4. The molecular formula is C23H26N4O6S2. The van der Waals surface area contributed by atoms with Crippen molar-refractivity contribution in [2.24, 2.45) is 5.92 Å². The average molecular weight is 519 g/mol. The summed E-state index contributed by atoms with van der Waals surface area (Å²) < 4.78 is 6.80. The second-order valence-corrected chi connectivity index (χ2v) is 9.77. The van der Waals surface area contributed by atoms with Crippen LogP contribution in [0, 0.1) is 24.2 Å². The lowest BCUT2D eigenvalue weighted by Crippen LogP contribution is -2.43. The topological polar surface area (TPSA) is 133 Å². The fourth-order valence-corrected chi connectivity index (χ4v) is 5.54. The number of thioether (sulfide) groups is 1. The molecule has 2 fully saturated rings. The molecule has 3 rings (SSSR count). The molecule has 3 heterocycles. The number of amides is 1. The van der Waals surface area contributed by atoms with Crippen molar-refractivity contribution in [3.05, 3.63) is 31.9 Å². The maximum absolute atomic E-state index is 13.1. The number of hydrogen-bond donors (Lipinski definition) is 1. The van der Waals surface area contributed by atoms with Crippen LogP contribution >= 0.6 is 24.0 Å². The standard InChI is InChI=1S/C23H26N4O6S2/c1-4-26-19(25-8-6-7-14(11-25)22(32)33-5-2)15(13(3)16(10-24)20(26)30)9-17-21(31)27(12-18(28)29)23(34)35-17/h9,14H,4-8,11-12H2,1-3H3,(H,28,29). The van der Waals surface area contributed by atoms with E-state index < -0.39 is 24.0 Å². The Hall–Kier alpha value is -3.17. The van der Waals surface area contributed by atoms with E-state index in [1.807, 2.05) is 11.0 Å². The van der Waals surface area contributed by atoms with Crippen LogP contribution in [0.5, 0.6) is 0 Å². The zero-order valence-electron chi connectivity index (χ0n) is 19.7. The highest BCUT2D eigenvalue weighted by molar-refractivity contribution is 8.26. The van der Waals surface area contributed by atoms with E-state index in [1.165, 1.54) is 4.57 Å². The van der Waals surface area contributed by atoms with Crippen molar-refractivity contribution in [2.45, 2.75) is 40.2 Å². The maximum Gasteiger partial charge on any atom is 0.323 e. The average Bonchev–Trinajstić information content (AvgIpc) is 3.08. The van der Waals surface area contributed by atoms with Gasteiger partial charge in [0.1, 0.15) is 28.3 Å². The van der Waals surface area contributed by atoms with Crippen LogP contribution in [-0.2, 0) is 25.7 Å². The van der Waals surface area contributed by atoms with Gasteiger partial charge in [0.2, 0.25) is 0 Å². The van der Waals surface area contributed by atoms with E-state index in [0.29, 0.717) is 42.9 Å². The number of rotatable bonds is 7. The second kappa shape index (κ2) is 11.0. The van der Waals surface area contributed by atoms with Crippen molar-refractivity contribution in [1.29, 1.82) is 5.26 Å². The molecule has 10 nitrogen and oxygen atoms in total. The van der Waals surface area contributed by atoms with Gasteiger partial charge in [-0.2, -0.15) is 5.26 Å². The normalized spacial score (nSPS) is 19.3. The second-order valence-electron chi connectivity index (χ2n) is 8.10. The molecule has 0 radical (unpaired) electrons. The third kappa shape index (κ3) is 5.26. The van der Waals surface area contributed by atoms with E-state index in [0.717, 1.165) is 16.7 Å². The van der Waals surface area contributed by atoms with Crippen LogP contribution in [0.3, 0.4) is 0 Å². The number of esters is 1. The van der Waals surface area contributed by atoms with E-state index in [-0.39, 0.29) is 39.8 Å². The molecule has 2 saturated heterocycles. The molecule has 1 aromatic rings. The zero-order chi connectivity index (χ0) is 25.9. The molecular weight excluding hydrogens is 492 g/mol. The van der Waals surface area contributed by atoms with Crippen LogP contribution in [0.15, 0.2) is 9.70 Å². The van der Waals surface area contributed by atoms with Crippen LogP contribution in [0.25, 0.3) is 6.08 Å². The molecule has 0 bridgehead atoms. The smallest absolute Gasteiger partial charge is 0.323 e. The maximum atomic E-state index is 13.1. The van der Waals surface area contributed by atoms with Crippen LogP contribution in [0.1, 0.15) is 43.4 Å². The number of ether oxygens (including phenoxy) is 1. The highest BCUT2D eigenvalue weighted by Crippen LogP contribution is 2.36. The summed E-state index contributed by atoms with van der Waals surface area (Å²) in [7, 11) is 0. The van der Waals surface area contributed by atoms with Crippen LogP contribution < -0.4 is 10.5 Å². The number of carbonyl (C=O) groups excluding carboxylic acids is 2. The number of pyridine rings is 1. The Labute approximate surface area is 212 Å². The van der Waals surface area contributed by atoms with Gasteiger partial charge in [0.05, 0.1) is 17.4 Å². The number of carboxylic acids is 1. The number of aromatic nitrogens is 1. The molecule has 2 aliphatic rings. The molecule has 1 N–H and O–H groups in total. The molecule has 35 heavy (non-hydrogen) atoms. The minimum absolute atomic E-state index is 0.0400. The third-order valence-corrected chi connectivity index (χ3v) is 7.32. The summed E-state index contributed by atoms with van der Waals surface area (Å²) in [6.45, 7) is 6.05. The molecule has 1 atom stereocenters. The molecule has 186 valence electrons. The molecule has 2 aliphatic heterocycles. The third-order valence-electron chi connectivity index (χ3n) is 5.95. The number of anilines is 1. The van der Waals surface area contributed by atoms with Gasteiger partial charge < -0.3 is 14.7 Å². The quantitative estimate of drug-likeness (QED) is 0.325. The predicted octanol–water partition coefficient (Wildman–Crippen LogP) is 2.11. The first-order valence-corrected chi connectivity index (χ1v) is 12.4. The summed E-state index contributed by atoms with van der Waals surface area (Å²) in [4.78, 5) is 52.8. The molecule has 1 unspecified atom stereocenters. The highest BCUT2D eigenvalue weighted by atomic mass is 32.2. The Bertz CT molecular complexity index is 1220. The Balaban J connectivity index is 2.17.